The fourth-order valence-electron chi connectivity index (χ4n) is 4.24. The lowest BCUT2D eigenvalue weighted by molar-refractivity contribution is -0.159. The number of phenols is 1. The van der Waals surface area contributed by atoms with Crippen LogP contribution in [0, 0.1) is 18.8 Å². The standard InChI is InChI=1S/C19H22N2O7/c1-9-5-6-11(22)10(7-9)15-13-14(17(25)21(2)16(13)24)19(20-15,18(26)28-4)8-12(23)27-3/h5-7,13-15,20,22H,8H2,1-4H3/t13-,14-,15-,19-/m0/s1. The lowest BCUT2D eigenvalue weighted by Crippen LogP contribution is -2.57. The van der Waals surface area contributed by atoms with Crippen molar-refractivity contribution in [3.05, 3.63) is 29.3 Å². The summed E-state index contributed by atoms with van der Waals surface area (Å²) in [6.07, 6.45) is -0.493. The molecule has 2 saturated heterocycles. The van der Waals surface area contributed by atoms with Gasteiger partial charge in [0.25, 0.3) is 0 Å². The van der Waals surface area contributed by atoms with Crippen LogP contribution in [0.1, 0.15) is 23.6 Å². The van der Waals surface area contributed by atoms with Gasteiger partial charge in [0.05, 0.1) is 32.5 Å². The number of rotatable bonds is 4. The van der Waals surface area contributed by atoms with Crippen molar-refractivity contribution in [2.45, 2.75) is 24.9 Å². The van der Waals surface area contributed by atoms with E-state index >= 15 is 0 Å². The van der Waals surface area contributed by atoms with Crippen LogP contribution < -0.4 is 5.32 Å². The highest BCUT2D eigenvalue weighted by molar-refractivity contribution is 6.10. The van der Waals surface area contributed by atoms with E-state index in [2.05, 4.69) is 5.32 Å². The summed E-state index contributed by atoms with van der Waals surface area (Å²) in [4.78, 5) is 51.5. The summed E-state index contributed by atoms with van der Waals surface area (Å²) >= 11 is 0. The van der Waals surface area contributed by atoms with E-state index in [0.717, 1.165) is 24.7 Å². The van der Waals surface area contributed by atoms with Gasteiger partial charge in [-0.2, -0.15) is 0 Å². The highest BCUT2D eigenvalue weighted by atomic mass is 16.5. The molecule has 1 aromatic carbocycles. The van der Waals surface area contributed by atoms with Gasteiger partial charge in [-0.1, -0.05) is 17.7 Å². The molecule has 0 aliphatic carbocycles. The molecular formula is C19H22N2O7. The number of aromatic hydroxyl groups is 1. The molecule has 0 bridgehead atoms. The Morgan fingerprint density at radius 1 is 1.21 bits per heavy atom. The Hall–Kier alpha value is -2.94. The summed E-state index contributed by atoms with van der Waals surface area (Å²) in [7, 11) is 3.63. The molecular weight excluding hydrogens is 368 g/mol. The molecule has 2 N–H and O–H groups in total. The highest BCUT2D eigenvalue weighted by Gasteiger charge is 2.69. The van der Waals surface area contributed by atoms with E-state index in [4.69, 9.17) is 9.47 Å². The van der Waals surface area contributed by atoms with Crippen molar-refractivity contribution in [2.75, 3.05) is 21.3 Å². The number of nitrogens with zero attached hydrogens (tertiary/aromatic N) is 1. The third-order valence-electron chi connectivity index (χ3n) is 5.59. The van der Waals surface area contributed by atoms with Crippen molar-refractivity contribution in [1.82, 2.24) is 10.2 Å². The second-order valence-corrected chi connectivity index (χ2v) is 7.14. The summed E-state index contributed by atoms with van der Waals surface area (Å²) in [5.41, 5.74) is -0.605. The number of fused-ring (bicyclic) bond motifs is 1. The minimum Gasteiger partial charge on any atom is -0.508 e. The quantitative estimate of drug-likeness (QED) is 0.546. The minimum absolute atomic E-state index is 0.0876. The average molecular weight is 390 g/mol. The fourth-order valence-corrected chi connectivity index (χ4v) is 4.24. The molecule has 0 aromatic heterocycles. The number of hydrogen-bond acceptors (Lipinski definition) is 8. The van der Waals surface area contributed by atoms with Gasteiger partial charge in [0.2, 0.25) is 11.8 Å². The van der Waals surface area contributed by atoms with E-state index in [1.807, 2.05) is 6.92 Å². The van der Waals surface area contributed by atoms with Crippen LogP contribution in [0.3, 0.4) is 0 Å². The largest absolute Gasteiger partial charge is 0.508 e. The smallest absolute Gasteiger partial charge is 0.327 e. The number of aryl methyl sites for hydroxylation is 1. The lowest BCUT2D eigenvalue weighted by Gasteiger charge is -2.31. The van der Waals surface area contributed by atoms with Gasteiger partial charge in [0.15, 0.2) is 0 Å². The fraction of sp³-hybridized carbons (Fsp3) is 0.474. The van der Waals surface area contributed by atoms with E-state index < -0.39 is 53.6 Å². The Kier molecular flexibility index (Phi) is 4.88. The van der Waals surface area contributed by atoms with Gasteiger partial charge in [-0.05, 0) is 13.0 Å². The maximum Gasteiger partial charge on any atom is 0.327 e. The van der Waals surface area contributed by atoms with Gasteiger partial charge in [-0.3, -0.25) is 29.4 Å². The molecule has 28 heavy (non-hydrogen) atoms. The Morgan fingerprint density at radius 2 is 1.89 bits per heavy atom. The molecule has 2 heterocycles. The predicted molar refractivity (Wildman–Crippen MR) is 94.9 cm³/mol. The van der Waals surface area contributed by atoms with E-state index in [1.165, 1.54) is 13.1 Å². The van der Waals surface area contributed by atoms with Crippen molar-refractivity contribution in [2.24, 2.45) is 11.8 Å². The van der Waals surface area contributed by atoms with Crippen LogP contribution in [-0.4, -0.2) is 60.6 Å². The first-order valence-corrected chi connectivity index (χ1v) is 8.71. The van der Waals surface area contributed by atoms with Crippen LogP contribution in [-0.2, 0) is 28.7 Å². The number of hydrogen-bond donors (Lipinski definition) is 2. The van der Waals surface area contributed by atoms with Crippen molar-refractivity contribution in [3.63, 3.8) is 0 Å². The second kappa shape index (κ2) is 6.90. The van der Waals surface area contributed by atoms with E-state index in [9.17, 15) is 24.3 Å². The molecule has 2 fully saturated rings. The molecule has 2 aliphatic heterocycles. The number of phenolic OH excluding ortho intramolecular Hbond substituents is 1. The first kappa shape index (κ1) is 19.8. The predicted octanol–water partition coefficient (Wildman–Crippen LogP) is 0.0508. The molecule has 9 nitrogen and oxygen atoms in total. The number of imide groups is 1. The van der Waals surface area contributed by atoms with Gasteiger partial charge in [-0.25, -0.2) is 0 Å². The summed E-state index contributed by atoms with van der Waals surface area (Å²) in [5.74, 6) is -4.90. The number of likely N-dealkylation sites (tertiary alicyclic amines) is 1. The van der Waals surface area contributed by atoms with Gasteiger partial charge >= 0.3 is 11.9 Å². The van der Waals surface area contributed by atoms with Crippen molar-refractivity contribution in [1.29, 1.82) is 0 Å². The number of carbonyl (C=O) groups is 4. The number of methoxy groups -OCH3 is 2. The highest BCUT2D eigenvalue weighted by Crippen LogP contribution is 2.51. The molecule has 0 saturated carbocycles. The molecule has 9 heteroatoms. The summed E-state index contributed by atoms with van der Waals surface area (Å²) < 4.78 is 9.60. The minimum atomic E-state index is -1.79. The van der Waals surface area contributed by atoms with Crippen LogP contribution in [0.4, 0.5) is 0 Å². The van der Waals surface area contributed by atoms with Crippen LogP contribution in [0.2, 0.25) is 0 Å². The molecule has 2 aliphatic rings. The number of carbonyl (C=O) groups excluding carboxylic acids is 4. The van der Waals surface area contributed by atoms with E-state index in [-0.39, 0.29) is 5.75 Å². The van der Waals surface area contributed by atoms with Crippen LogP contribution in [0.15, 0.2) is 18.2 Å². The molecule has 0 spiro atoms. The summed E-state index contributed by atoms with van der Waals surface area (Å²) in [6.45, 7) is 1.81. The second-order valence-electron chi connectivity index (χ2n) is 7.14. The first-order valence-electron chi connectivity index (χ1n) is 8.71. The number of nitrogens with one attached hydrogen (secondary N) is 1. The van der Waals surface area contributed by atoms with Crippen LogP contribution >= 0.6 is 0 Å². The van der Waals surface area contributed by atoms with Crippen LogP contribution in [0.25, 0.3) is 0 Å². The van der Waals surface area contributed by atoms with Gasteiger partial charge < -0.3 is 14.6 Å². The summed E-state index contributed by atoms with van der Waals surface area (Å²) in [5, 5.41) is 13.4. The molecule has 0 radical (unpaired) electrons. The zero-order chi connectivity index (χ0) is 20.8. The van der Waals surface area contributed by atoms with Gasteiger partial charge in [0, 0.05) is 18.7 Å². The monoisotopic (exact) mass is 390 g/mol. The first-order chi connectivity index (χ1) is 13.2. The van der Waals surface area contributed by atoms with E-state index in [1.54, 1.807) is 12.1 Å². The Morgan fingerprint density at radius 3 is 2.50 bits per heavy atom. The molecule has 3 rings (SSSR count). The Bertz CT molecular complexity index is 868. The topological polar surface area (TPSA) is 122 Å². The van der Waals surface area contributed by atoms with Crippen molar-refractivity contribution in [3.8, 4) is 5.75 Å². The van der Waals surface area contributed by atoms with Crippen LogP contribution in [0.5, 0.6) is 5.75 Å². The zero-order valence-electron chi connectivity index (χ0n) is 16.0. The number of ether oxygens (including phenoxy) is 2. The SMILES string of the molecule is COC(=O)C[C@]1(C(=O)OC)N[C@@H](c2cc(C)ccc2O)[C@H]2C(=O)N(C)C(=O)[C@H]21. The molecule has 2 amide bonds. The molecule has 0 unspecified atom stereocenters. The van der Waals surface area contributed by atoms with Gasteiger partial charge in [-0.15, -0.1) is 0 Å². The molecule has 4 atom stereocenters. The third-order valence-corrected chi connectivity index (χ3v) is 5.59. The number of esters is 2. The number of benzene rings is 1. The maximum atomic E-state index is 12.9. The summed E-state index contributed by atoms with van der Waals surface area (Å²) in [6, 6.07) is 3.98. The molecule has 150 valence electrons. The number of amides is 2. The van der Waals surface area contributed by atoms with Gasteiger partial charge in [0.1, 0.15) is 11.3 Å². The molecule has 1 aromatic rings. The maximum absolute atomic E-state index is 12.9. The van der Waals surface area contributed by atoms with Crippen molar-refractivity contribution >= 4 is 23.8 Å². The Balaban J connectivity index is 2.20. The third kappa shape index (κ3) is 2.73. The Labute approximate surface area is 161 Å². The lowest BCUT2D eigenvalue weighted by atomic mass is 9.77. The van der Waals surface area contributed by atoms with E-state index in [0.29, 0.717) is 5.56 Å². The van der Waals surface area contributed by atoms with Crippen molar-refractivity contribution < 1.29 is 33.8 Å². The average Bonchev–Trinajstić information content (AvgIpc) is 3.13. The zero-order valence-corrected chi connectivity index (χ0v) is 16.0. The normalized spacial score (nSPS) is 29.0.